The zero-order chi connectivity index (χ0) is 37.2. The number of rotatable bonds is 38. The van der Waals surface area contributed by atoms with E-state index in [0.717, 1.165) is 122 Å². The topological polar surface area (TPSA) is 62.3 Å². The van der Waals surface area contributed by atoms with Crippen LogP contribution in [0.25, 0.3) is 0 Å². The van der Waals surface area contributed by atoms with Gasteiger partial charge in [0.05, 0.1) is 19.1 Å². The highest BCUT2D eigenvalue weighted by molar-refractivity contribution is 5.72. The fourth-order valence-electron chi connectivity index (χ4n) is 7.18. The van der Waals surface area contributed by atoms with Crippen molar-refractivity contribution in [2.24, 2.45) is 5.92 Å². The molecule has 1 atom stereocenters. The van der Waals surface area contributed by atoms with Crippen LogP contribution in [0.1, 0.15) is 194 Å². The summed E-state index contributed by atoms with van der Waals surface area (Å²) < 4.78 is 11.4. The van der Waals surface area contributed by atoms with Crippen molar-refractivity contribution in [1.29, 1.82) is 0 Å². The Morgan fingerprint density at radius 2 is 1.04 bits per heavy atom. The van der Waals surface area contributed by atoms with Gasteiger partial charge in [0.2, 0.25) is 0 Å². The van der Waals surface area contributed by atoms with Gasteiger partial charge in [-0.2, -0.15) is 0 Å². The summed E-state index contributed by atoms with van der Waals surface area (Å²) in [5.74, 6) is 0.134. The summed E-state index contributed by atoms with van der Waals surface area (Å²) in [5.41, 5.74) is 0. The zero-order valence-corrected chi connectivity index (χ0v) is 34.9. The molecule has 1 aliphatic carbocycles. The lowest BCUT2D eigenvalue weighted by Crippen LogP contribution is -2.47. The minimum absolute atomic E-state index is 0.0205. The van der Waals surface area contributed by atoms with Crippen molar-refractivity contribution >= 4 is 11.9 Å². The summed E-state index contributed by atoms with van der Waals surface area (Å²) >= 11 is 0. The van der Waals surface area contributed by atoms with Crippen LogP contribution in [0.3, 0.4) is 0 Å². The van der Waals surface area contributed by atoms with Crippen molar-refractivity contribution in [2.75, 3.05) is 66.6 Å². The molecule has 7 heteroatoms. The van der Waals surface area contributed by atoms with Crippen LogP contribution in [-0.4, -0.2) is 99.3 Å². The first kappa shape index (κ1) is 47.8. The Labute approximate surface area is 317 Å². The molecular formula is C44H87N3O4. The Kier molecular flexibility index (Phi) is 32.4. The standard InChI is InChI=1S/C44H87N3O4/c1-6-9-12-15-17-21-29-41(28-20-14-11-8-3)44(49)51-40-26-19-24-34-46(36-38-47(37-35-45(4)5)42-30-27-31-42)33-23-18-25-39-50-43(48)32-22-16-13-10-7-2/h41-42H,6-40H2,1-5H3. The number of carbonyl (C=O) groups excluding carboxylic acids is 2. The molecule has 1 aliphatic rings. The molecule has 0 bridgehead atoms. The molecule has 0 N–H and O–H groups in total. The Balaban J connectivity index is 2.46. The highest BCUT2D eigenvalue weighted by atomic mass is 16.5. The first-order valence-corrected chi connectivity index (χ1v) is 22.3. The van der Waals surface area contributed by atoms with Crippen molar-refractivity contribution in [2.45, 2.75) is 200 Å². The summed E-state index contributed by atoms with van der Waals surface area (Å²) in [7, 11) is 4.35. The Hall–Kier alpha value is -1.18. The second kappa shape index (κ2) is 34.6. The lowest BCUT2D eigenvalue weighted by molar-refractivity contribution is -0.149. The smallest absolute Gasteiger partial charge is 0.308 e. The summed E-state index contributed by atoms with van der Waals surface area (Å²) in [6, 6.07) is 0.763. The molecule has 0 aromatic heterocycles. The van der Waals surface area contributed by atoms with E-state index in [2.05, 4.69) is 49.6 Å². The van der Waals surface area contributed by atoms with Gasteiger partial charge < -0.3 is 19.3 Å². The van der Waals surface area contributed by atoms with E-state index in [9.17, 15) is 9.59 Å². The van der Waals surface area contributed by atoms with Crippen molar-refractivity contribution < 1.29 is 19.1 Å². The van der Waals surface area contributed by atoms with Gasteiger partial charge in [0, 0.05) is 38.6 Å². The molecule has 1 fully saturated rings. The molecule has 0 heterocycles. The van der Waals surface area contributed by atoms with E-state index in [0.29, 0.717) is 19.6 Å². The van der Waals surface area contributed by atoms with Crippen LogP contribution in [0.15, 0.2) is 0 Å². The van der Waals surface area contributed by atoms with Crippen molar-refractivity contribution in [1.82, 2.24) is 14.7 Å². The summed E-state index contributed by atoms with van der Waals surface area (Å²) in [6.45, 7) is 14.6. The average Bonchev–Trinajstić information content (AvgIpc) is 3.09. The molecule has 0 spiro atoms. The third kappa shape index (κ3) is 28.0. The highest BCUT2D eigenvalue weighted by Gasteiger charge is 2.25. The van der Waals surface area contributed by atoms with Crippen LogP contribution < -0.4 is 0 Å². The van der Waals surface area contributed by atoms with E-state index in [4.69, 9.17) is 9.47 Å². The van der Waals surface area contributed by atoms with E-state index >= 15 is 0 Å². The second-order valence-electron chi connectivity index (χ2n) is 16.0. The van der Waals surface area contributed by atoms with Gasteiger partial charge in [0.1, 0.15) is 0 Å². The monoisotopic (exact) mass is 722 g/mol. The van der Waals surface area contributed by atoms with Crippen LogP contribution in [-0.2, 0) is 19.1 Å². The van der Waals surface area contributed by atoms with E-state index < -0.39 is 0 Å². The van der Waals surface area contributed by atoms with Gasteiger partial charge in [-0.05, 0) is 97.8 Å². The maximum Gasteiger partial charge on any atom is 0.308 e. The van der Waals surface area contributed by atoms with Crippen LogP contribution >= 0.6 is 0 Å². The lowest BCUT2D eigenvalue weighted by Gasteiger charge is -2.39. The molecule has 0 aromatic carbocycles. The molecule has 0 amide bonds. The third-order valence-corrected chi connectivity index (χ3v) is 11.0. The predicted molar refractivity (Wildman–Crippen MR) is 217 cm³/mol. The number of unbranched alkanes of at least 4 members (excludes halogenated alkanes) is 16. The summed E-state index contributed by atoms with van der Waals surface area (Å²) in [4.78, 5) is 32.9. The molecule has 1 saturated carbocycles. The van der Waals surface area contributed by atoms with Crippen LogP contribution in [0.2, 0.25) is 0 Å². The van der Waals surface area contributed by atoms with E-state index in [-0.39, 0.29) is 17.9 Å². The van der Waals surface area contributed by atoms with Gasteiger partial charge in [-0.3, -0.25) is 14.5 Å². The molecule has 0 saturated heterocycles. The van der Waals surface area contributed by atoms with Gasteiger partial charge in [-0.15, -0.1) is 0 Å². The molecule has 0 radical (unpaired) electrons. The quantitative estimate of drug-likeness (QED) is 0.0464. The fraction of sp³-hybridized carbons (Fsp3) is 0.955. The van der Waals surface area contributed by atoms with Crippen molar-refractivity contribution in [3.05, 3.63) is 0 Å². The summed E-state index contributed by atoms with van der Waals surface area (Å²) in [6.07, 6.45) is 31.4. The Bertz CT molecular complexity index is 790. The van der Waals surface area contributed by atoms with Gasteiger partial charge in [-0.1, -0.05) is 117 Å². The molecule has 7 nitrogen and oxygen atoms in total. The molecule has 1 rings (SSSR count). The number of likely N-dealkylation sites (N-methyl/N-ethyl adjacent to an activating group) is 1. The maximum absolute atomic E-state index is 13.1. The Morgan fingerprint density at radius 1 is 0.549 bits per heavy atom. The highest BCUT2D eigenvalue weighted by Crippen LogP contribution is 2.25. The SMILES string of the molecule is CCCCCCCCC(CCCCCC)C(=O)OCCCCCN(CCCCCOC(=O)CCCCCCC)CCN(CCN(C)C)C1CCC1. The van der Waals surface area contributed by atoms with Crippen LogP contribution in [0.4, 0.5) is 0 Å². The zero-order valence-electron chi connectivity index (χ0n) is 34.9. The molecule has 0 aromatic rings. The first-order valence-electron chi connectivity index (χ1n) is 22.3. The van der Waals surface area contributed by atoms with Crippen molar-refractivity contribution in [3.63, 3.8) is 0 Å². The molecule has 1 unspecified atom stereocenters. The van der Waals surface area contributed by atoms with E-state index in [1.165, 1.54) is 89.9 Å². The van der Waals surface area contributed by atoms with E-state index in [1.807, 2.05) is 0 Å². The van der Waals surface area contributed by atoms with Gasteiger partial charge in [0.25, 0.3) is 0 Å². The number of esters is 2. The molecule has 51 heavy (non-hydrogen) atoms. The Morgan fingerprint density at radius 3 is 1.59 bits per heavy atom. The minimum Gasteiger partial charge on any atom is -0.466 e. The molecule has 0 aliphatic heterocycles. The average molecular weight is 722 g/mol. The normalized spacial score (nSPS) is 14.0. The number of nitrogens with zero attached hydrogens (tertiary/aromatic N) is 3. The predicted octanol–water partition coefficient (Wildman–Crippen LogP) is 10.8. The number of carbonyl (C=O) groups is 2. The lowest BCUT2D eigenvalue weighted by atomic mass is 9.91. The second-order valence-corrected chi connectivity index (χ2v) is 16.0. The number of ether oxygens (including phenoxy) is 2. The van der Waals surface area contributed by atoms with Crippen molar-refractivity contribution in [3.8, 4) is 0 Å². The largest absolute Gasteiger partial charge is 0.466 e. The summed E-state index contributed by atoms with van der Waals surface area (Å²) in [5, 5.41) is 0. The maximum atomic E-state index is 13.1. The third-order valence-electron chi connectivity index (χ3n) is 11.0. The number of hydrogen-bond acceptors (Lipinski definition) is 7. The van der Waals surface area contributed by atoms with Gasteiger partial charge >= 0.3 is 11.9 Å². The van der Waals surface area contributed by atoms with Gasteiger partial charge in [0.15, 0.2) is 0 Å². The van der Waals surface area contributed by atoms with Gasteiger partial charge in [-0.25, -0.2) is 0 Å². The fourth-order valence-corrected chi connectivity index (χ4v) is 7.18. The number of hydrogen-bond donors (Lipinski definition) is 0. The minimum atomic E-state index is -0.0205. The van der Waals surface area contributed by atoms with Crippen LogP contribution in [0.5, 0.6) is 0 Å². The van der Waals surface area contributed by atoms with E-state index in [1.54, 1.807) is 0 Å². The van der Waals surface area contributed by atoms with Crippen LogP contribution in [0, 0.1) is 5.92 Å². The first-order chi connectivity index (χ1) is 24.9. The molecular weight excluding hydrogens is 635 g/mol. The molecule has 302 valence electrons.